The molecule has 2 N–H and O–H groups in total. The molecule has 1 saturated heterocycles. The second-order valence-corrected chi connectivity index (χ2v) is 9.03. The highest BCUT2D eigenvalue weighted by Crippen LogP contribution is 2.29. The number of carbonyl (C=O) groups is 1. The van der Waals surface area contributed by atoms with Crippen LogP contribution < -0.4 is 10.6 Å². The van der Waals surface area contributed by atoms with Crippen LogP contribution >= 0.6 is 0 Å². The number of hydrogen-bond acceptors (Lipinski definition) is 5. The van der Waals surface area contributed by atoms with Gasteiger partial charge in [0.05, 0.1) is 11.0 Å². The molecule has 2 heterocycles. The smallest absolute Gasteiger partial charge is 0.229 e. The number of fused-ring (bicyclic) bond motifs is 1. The van der Waals surface area contributed by atoms with Gasteiger partial charge in [-0.1, -0.05) is 19.3 Å². The minimum absolute atomic E-state index is 0.164. The second kappa shape index (κ2) is 9.35. The third-order valence-electron chi connectivity index (χ3n) is 6.89. The number of aromatic nitrogens is 2. The number of amides is 1. The number of carbonyl (C=O) groups excluding carboxylic acids is 1. The molecule has 2 fully saturated rings. The van der Waals surface area contributed by atoms with Crippen molar-refractivity contribution < 1.29 is 4.79 Å². The first-order valence-corrected chi connectivity index (χ1v) is 11.5. The summed E-state index contributed by atoms with van der Waals surface area (Å²) >= 11 is 0. The van der Waals surface area contributed by atoms with E-state index in [9.17, 15) is 4.79 Å². The van der Waals surface area contributed by atoms with Crippen LogP contribution in [0.2, 0.25) is 0 Å². The molecule has 0 unspecified atom stereocenters. The SMILES string of the molecule is CN1CCN(CCCn2c(N)nc3cc(N(C)C(=O)C4CCCCC4)ccc32)CC1. The van der Waals surface area contributed by atoms with Crippen LogP contribution in [0.25, 0.3) is 11.0 Å². The lowest BCUT2D eigenvalue weighted by Gasteiger charge is -2.32. The zero-order chi connectivity index (χ0) is 21.1. The standard InChI is InChI=1S/C23H36N6O/c1-26-13-15-28(16-14-26)11-6-12-29-21-10-9-19(17-20(21)25-23(29)24)27(2)22(30)18-7-4-3-5-8-18/h9-10,17-18H,3-8,11-16H2,1-2H3,(H2,24,25). The van der Waals surface area contributed by atoms with Crippen LogP contribution in [0.3, 0.4) is 0 Å². The van der Waals surface area contributed by atoms with Crippen molar-refractivity contribution in [3.63, 3.8) is 0 Å². The highest BCUT2D eigenvalue weighted by molar-refractivity contribution is 5.96. The lowest BCUT2D eigenvalue weighted by molar-refractivity contribution is -0.123. The van der Waals surface area contributed by atoms with Gasteiger partial charge in [-0.2, -0.15) is 0 Å². The fourth-order valence-electron chi connectivity index (χ4n) is 4.85. The van der Waals surface area contributed by atoms with Crippen LogP contribution in [-0.2, 0) is 11.3 Å². The summed E-state index contributed by atoms with van der Waals surface area (Å²) in [5.41, 5.74) is 9.07. The molecule has 164 valence electrons. The number of nitrogens with two attached hydrogens (primary N) is 1. The molecule has 0 atom stereocenters. The molecule has 0 bridgehead atoms. The molecule has 2 aliphatic rings. The van der Waals surface area contributed by atoms with Crippen molar-refractivity contribution in [1.82, 2.24) is 19.4 Å². The molecule has 4 rings (SSSR count). The third-order valence-corrected chi connectivity index (χ3v) is 6.89. The Kier molecular flexibility index (Phi) is 6.58. The predicted octanol–water partition coefficient (Wildman–Crippen LogP) is 2.80. The van der Waals surface area contributed by atoms with Gasteiger partial charge in [0.15, 0.2) is 0 Å². The molecule has 1 aliphatic heterocycles. The highest BCUT2D eigenvalue weighted by Gasteiger charge is 2.25. The summed E-state index contributed by atoms with van der Waals surface area (Å²) < 4.78 is 2.11. The van der Waals surface area contributed by atoms with Gasteiger partial charge in [-0.25, -0.2) is 4.98 Å². The second-order valence-electron chi connectivity index (χ2n) is 9.03. The number of anilines is 2. The van der Waals surface area contributed by atoms with Crippen molar-refractivity contribution in [2.24, 2.45) is 5.92 Å². The van der Waals surface area contributed by atoms with Crippen molar-refractivity contribution >= 4 is 28.6 Å². The molecule has 2 aromatic rings. The summed E-state index contributed by atoms with van der Waals surface area (Å²) in [4.78, 5) is 24.2. The normalized spacial score (nSPS) is 19.4. The molecule has 1 aliphatic carbocycles. The molecule has 1 amide bonds. The molecular weight excluding hydrogens is 376 g/mol. The van der Waals surface area contributed by atoms with Gasteiger partial charge in [-0.3, -0.25) is 4.79 Å². The minimum Gasteiger partial charge on any atom is -0.369 e. The van der Waals surface area contributed by atoms with Crippen molar-refractivity contribution in [3.8, 4) is 0 Å². The van der Waals surface area contributed by atoms with Crippen molar-refractivity contribution in [2.75, 3.05) is 57.5 Å². The summed E-state index contributed by atoms with van der Waals surface area (Å²) in [6.07, 6.45) is 6.67. The van der Waals surface area contributed by atoms with Gasteiger partial charge in [0.2, 0.25) is 11.9 Å². The highest BCUT2D eigenvalue weighted by atomic mass is 16.2. The number of imidazole rings is 1. The Labute approximate surface area is 179 Å². The van der Waals surface area contributed by atoms with E-state index in [-0.39, 0.29) is 11.8 Å². The summed E-state index contributed by atoms with van der Waals surface area (Å²) in [5, 5.41) is 0. The third kappa shape index (κ3) is 4.62. The van der Waals surface area contributed by atoms with Crippen LogP contribution in [0.5, 0.6) is 0 Å². The van der Waals surface area contributed by atoms with E-state index in [1.54, 1.807) is 4.90 Å². The monoisotopic (exact) mass is 412 g/mol. The summed E-state index contributed by atoms with van der Waals surface area (Å²) in [7, 11) is 4.07. The Balaban J connectivity index is 1.41. The van der Waals surface area contributed by atoms with Crippen LogP contribution in [0.15, 0.2) is 18.2 Å². The molecule has 0 spiro atoms. The van der Waals surface area contributed by atoms with E-state index in [4.69, 9.17) is 5.73 Å². The largest absolute Gasteiger partial charge is 0.369 e. The van der Waals surface area contributed by atoms with E-state index in [0.717, 1.165) is 75.3 Å². The first-order chi connectivity index (χ1) is 14.5. The fraction of sp³-hybridized carbons (Fsp3) is 0.652. The quantitative estimate of drug-likeness (QED) is 0.790. The Morgan fingerprint density at radius 2 is 1.87 bits per heavy atom. The molecule has 30 heavy (non-hydrogen) atoms. The van der Waals surface area contributed by atoms with E-state index < -0.39 is 0 Å². The van der Waals surface area contributed by atoms with Crippen molar-refractivity contribution in [3.05, 3.63) is 18.2 Å². The molecule has 0 radical (unpaired) electrons. The zero-order valence-corrected chi connectivity index (χ0v) is 18.5. The van der Waals surface area contributed by atoms with E-state index in [1.807, 2.05) is 19.2 Å². The molecule has 1 aromatic carbocycles. The maximum atomic E-state index is 12.9. The van der Waals surface area contributed by atoms with E-state index >= 15 is 0 Å². The molecule has 7 nitrogen and oxygen atoms in total. The lowest BCUT2D eigenvalue weighted by Crippen LogP contribution is -2.44. The molecule has 1 saturated carbocycles. The van der Waals surface area contributed by atoms with Gasteiger partial charge in [0.25, 0.3) is 0 Å². The maximum Gasteiger partial charge on any atom is 0.229 e. The van der Waals surface area contributed by atoms with Gasteiger partial charge < -0.3 is 25.0 Å². The van der Waals surface area contributed by atoms with Crippen molar-refractivity contribution in [1.29, 1.82) is 0 Å². The van der Waals surface area contributed by atoms with E-state index in [1.165, 1.54) is 19.3 Å². The van der Waals surface area contributed by atoms with Crippen molar-refractivity contribution in [2.45, 2.75) is 45.1 Å². The average molecular weight is 413 g/mol. The first kappa shape index (κ1) is 21.1. The number of likely N-dealkylation sites (N-methyl/N-ethyl adjacent to an activating group) is 1. The van der Waals surface area contributed by atoms with Crippen LogP contribution in [0.4, 0.5) is 11.6 Å². The summed E-state index contributed by atoms with van der Waals surface area (Å²) in [6, 6.07) is 6.10. The summed E-state index contributed by atoms with van der Waals surface area (Å²) in [5.74, 6) is 0.951. The number of benzene rings is 1. The number of rotatable bonds is 6. The van der Waals surface area contributed by atoms with Gasteiger partial charge in [-0.15, -0.1) is 0 Å². The number of hydrogen-bond donors (Lipinski definition) is 1. The minimum atomic E-state index is 0.164. The Bertz CT molecular complexity index is 864. The Hall–Kier alpha value is -2.12. The number of aryl methyl sites for hydroxylation is 1. The Morgan fingerprint density at radius 1 is 1.13 bits per heavy atom. The maximum absolute atomic E-state index is 12.9. The predicted molar refractivity (Wildman–Crippen MR) is 123 cm³/mol. The van der Waals surface area contributed by atoms with Gasteiger partial charge in [0, 0.05) is 51.4 Å². The van der Waals surface area contributed by atoms with Gasteiger partial charge in [0.1, 0.15) is 0 Å². The average Bonchev–Trinajstić information content (AvgIpc) is 3.09. The van der Waals surface area contributed by atoms with Gasteiger partial charge >= 0.3 is 0 Å². The zero-order valence-electron chi connectivity index (χ0n) is 18.5. The number of nitrogen functional groups attached to an aromatic ring is 1. The van der Waals surface area contributed by atoms with E-state index in [0.29, 0.717) is 5.95 Å². The van der Waals surface area contributed by atoms with Crippen LogP contribution in [0.1, 0.15) is 38.5 Å². The number of piperazine rings is 1. The first-order valence-electron chi connectivity index (χ1n) is 11.5. The summed E-state index contributed by atoms with van der Waals surface area (Å²) in [6.45, 7) is 6.52. The number of nitrogens with zero attached hydrogens (tertiary/aromatic N) is 5. The topological polar surface area (TPSA) is 70.6 Å². The molecule has 1 aromatic heterocycles. The Morgan fingerprint density at radius 3 is 2.60 bits per heavy atom. The van der Waals surface area contributed by atoms with E-state index in [2.05, 4.69) is 32.5 Å². The van der Waals surface area contributed by atoms with Crippen LogP contribution in [0, 0.1) is 5.92 Å². The van der Waals surface area contributed by atoms with Crippen LogP contribution in [-0.4, -0.2) is 72.1 Å². The molecular formula is C23H36N6O. The fourth-order valence-corrected chi connectivity index (χ4v) is 4.85. The van der Waals surface area contributed by atoms with Gasteiger partial charge in [-0.05, 0) is 51.1 Å². The molecule has 7 heteroatoms. The lowest BCUT2D eigenvalue weighted by atomic mass is 9.88.